The van der Waals surface area contributed by atoms with Crippen LogP contribution in [-0.4, -0.2) is 52.4 Å². The summed E-state index contributed by atoms with van der Waals surface area (Å²) in [6, 6.07) is 9.23. The largest absolute Gasteiger partial charge is 0.369 e. The standard InChI is InChI=1S/C20H22N6O3S/c1-15-3-5-16(6-4-15)14-30(27,28)26-9-10-29-18(13-26)17-11-21-12-19(24-17)25-20-22-7-2-8-23-20/h2-8,11-12,18H,9-10,13-14H2,1H3,(H,22,23,24,25). The van der Waals surface area contributed by atoms with Crippen LogP contribution in [0.2, 0.25) is 0 Å². The molecule has 1 aliphatic rings. The van der Waals surface area contributed by atoms with Crippen molar-refractivity contribution in [2.45, 2.75) is 18.8 Å². The first-order valence-corrected chi connectivity index (χ1v) is 11.1. The predicted octanol–water partition coefficient (Wildman–Crippen LogP) is 2.22. The number of hydrogen-bond acceptors (Lipinski definition) is 8. The van der Waals surface area contributed by atoms with Crippen molar-refractivity contribution in [2.75, 3.05) is 25.0 Å². The Kier molecular flexibility index (Phi) is 5.98. The second kappa shape index (κ2) is 8.82. The van der Waals surface area contributed by atoms with E-state index in [0.717, 1.165) is 11.1 Å². The van der Waals surface area contributed by atoms with Gasteiger partial charge >= 0.3 is 0 Å². The van der Waals surface area contributed by atoms with Gasteiger partial charge in [-0.3, -0.25) is 4.98 Å². The Bertz CT molecular complexity index is 1090. The highest BCUT2D eigenvalue weighted by molar-refractivity contribution is 7.88. The normalized spacial score (nSPS) is 17.6. The summed E-state index contributed by atoms with van der Waals surface area (Å²) < 4.78 is 33.1. The van der Waals surface area contributed by atoms with Crippen molar-refractivity contribution in [3.63, 3.8) is 0 Å². The van der Waals surface area contributed by atoms with Gasteiger partial charge in [-0.2, -0.15) is 4.31 Å². The van der Waals surface area contributed by atoms with Crippen LogP contribution in [0, 0.1) is 6.92 Å². The van der Waals surface area contributed by atoms with Crippen molar-refractivity contribution in [3.8, 4) is 0 Å². The van der Waals surface area contributed by atoms with Gasteiger partial charge in [0.2, 0.25) is 16.0 Å². The van der Waals surface area contributed by atoms with Crippen molar-refractivity contribution in [3.05, 3.63) is 71.9 Å². The Morgan fingerprint density at radius 2 is 1.93 bits per heavy atom. The van der Waals surface area contributed by atoms with Crippen molar-refractivity contribution < 1.29 is 13.2 Å². The summed E-state index contributed by atoms with van der Waals surface area (Å²) in [6.07, 6.45) is 5.87. The Labute approximate surface area is 175 Å². The number of rotatable bonds is 6. The molecule has 1 atom stereocenters. The molecule has 1 unspecified atom stereocenters. The lowest BCUT2D eigenvalue weighted by atomic mass is 10.2. The molecule has 156 valence electrons. The smallest absolute Gasteiger partial charge is 0.228 e. The highest BCUT2D eigenvalue weighted by Gasteiger charge is 2.31. The molecule has 1 fully saturated rings. The van der Waals surface area contributed by atoms with Gasteiger partial charge in [0.15, 0.2) is 5.82 Å². The number of benzene rings is 1. The van der Waals surface area contributed by atoms with Crippen LogP contribution in [0.1, 0.15) is 22.9 Å². The van der Waals surface area contributed by atoms with E-state index in [9.17, 15) is 8.42 Å². The molecule has 1 aromatic carbocycles. The summed E-state index contributed by atoms with van der Waals surface area (Å²) in [7, 11) is -3.48. The number of sulfonamides is 1. The third-order valence-corrected chi connectivity index (χ3v) is 6.50. The first-order valence-electron chi connectivity index (χ1n) is 9.50. The number of nitrogens with one attached hydrogen (secondary N) is 1. The molecule has 0 saturated carbocycles. The summed E-state index contributed by atoms with van der Waals surface area (Å²) in [4.78, 5) is 16.9. The Morgan fingerprint density at radius 3 is 2.70 bits per heavy atom. The maximum Gasteiger partial charge on any atom is 0.228 e. The Balaban J connectivity index is 1.47. The minimum Gasteiger partial charge on any atom is -0.369 e. The first-order chi connectivity index (χ1) is 14.5. The third-order valence-electron chi connectivity index (χ3n) is 4.68. The van der Waals surface area contributed by atoms with Crippen LogP contribution in [0.4, 0.5) is 11.8 Å². The molecule has 30 heavy (non-hydrogen) atoms. The van der Waals surface area contributed by atoms with E-state index in [1.807, 2.05) is 31.2 Å². The number of anilines is 2. The summed E-state index contributed by atoms with van der Waals surface area (Å²) in [5.74, 6) is 0.816. The monoisotopic (exact) mass is 426 g/mol. The van der Waals surface area contributed by atoms with E-state index in [4.69, 9.17) is 4.74 Å². The fraction of sp³-hybridized carbons (Fsp3) is 0.300. The van der Waals surface area contributed by atoms with Crippen molar-refractivity contribution in [2.24, 2.45) is 0 Å². The van der Waals surface area contributed by atoms with Crippen LogP contribution in [-0.2, 0) is 20.5 Å². The minimum atomic E-state index is -3.48. The maximum absolute atomic E-state index is 12.9. The van der Waals surface area contributed by atoms with E-state index >= 15 is 0 Å². The molecular formula is C20H22N6O3S. The first kappa shape index (κ1) is 20.3. The molecule has 0 aliphatic carbocycles. The van der Waals surface area contributed by atoms with Crippen LogP contribution < -0.4 is 5.32 Å². The van der Waals surface area contributed by atoms with E-state index in [2.05, 4.69) is 25.3 Å². The number of morpholine rings is 1. The molecule has 0 bridgehead atoms. The van der Waals surface area contributed by atoms with Crippen LogP contribution in [0.15, 0.2) is 55.1 Å². The van der Waals surface area contributed by atoms with Gasteiger partial charge < -0.3 is 10.1 Å². The van der Waals surface area contributed by atoms with Gasteiger partial charge in [0.25, 0.3) is 0 Å². The average Bonchev–Trinajstić information content (AvgIpc) is 2.76. The highest BCUT2D eigenvalue weighted by atomic mass is 32.2. The number of ether oxygens (including phenoxy) is 1. The van der Waals surface area contributed by atoms with Gasteiger partial charge in [-0.25, -0.2) is 23.4 Å². The van der Waals surface area contributed by atoms with E-state index < -0.39 is 16.1 Å². The van der Waals surface area contributed by atoms with Crippen molar-refractivity contribution in [1.82, 2.24) is 24.2 Å². The molecule has 10 heteroatoms. The number of hydrogen-bond donors (Lipinski definition) is 1. The van der Waals surface area contributed by atoms with Gasteiger partial charge in [-0.15, -0.1) is 0 Å². The third kappa shape index (κ3) is 4.96. The second-order valence-electron chi connectivity index (χ2n) is 6.99. The predicted molar refractivity (Wildman–Crippen MR) is 111 cm³/mol. The van der Waals surface area contributed by atoms with Gasteiger partial charge in [0.05, 0.1) is 30.4 Å². The number of nitrogens with zero attached hydrogens (tertiary/aromatic N) is 5. The molecule has 3 heterocycles. The zero-order chi connectivity index (χ0) is 21.0. The van der Waals surface area contributed by atoms with Crippen LogP contribution in [0.3, 0.4) is 0 Å². The topological polar surface area (TPSA) is 110 Å². The van der Waals surface area contributed by atoms with Crippen molar-refractivity contribution in [1.29, 1.82) is 0 Å². The zero-order valence-corrected chi connectivity index (χ0v) is 17.3. The molecule has 4 rings (SSSR count). The molecule has 0 spiro atoms. The highest BCUT2D eigenvalue weighted by Crippen LogP contribution is 2.24. The van der Waals surface area contributed by atoms with Crippen LogP contribution in [0.25, 0.3) is 0 Å². The Hall–Kier alpha value is -2.95. The molecule has 1 saturated heterocycles. The van der Waals surface area contributed by atoms with Crippen molar-refractivity contribution >= 4 is 21.8 Å². The van der Waals surface area contributed by atoms with Gasteiger partial charge in [-0.05, 0) is 18.6 Å². The van der Waals surface area contributed by atoms with Crippen LogP contribution in [0.5, 0.6) is 0 Å². The molecule has 1 N–H and O–H groups in total. The van der Waals surface area contributed by atoms with E-state index in [-0.39, 0.29) is 12.3 Å². The molecule has 0 radical (unpaired) electrons. The SMILES string of the molecule is Cc1ccc(CS(=O)(=O)N2CCOC(c3cncc(Nc4ncccn4)n3)C2)cc1. The van der Waals surface area contributed by atoms with E-state index in [1.54, 1.807) is 30.9 Å². The minimum absolute atomic E-state index is 0.0430. The quantitative estimate of drug-likeness (QED) is 0.639. The molecule has 1 aliphatic heterocycles. The van der Waals surface area contributed by atoms with E-state index in [1.165, 1.54) is 4.31 Å². The molecular weight excluding hydrogens is 404 g/mol. The number of aromatic nitrogens is 4. The lowest BCUT2D eigenvalue weighted by molar-refractivity contribution is -0.00511. The van der Waals surface area contributed by atoms with Crippen LogP contribution >= 0.6 is 0 Å². The molecule has 0 amide bonds. The maximum atomic E-state index is 12.9. The average molecular weight is 427 g/mol. The van der Waals surface area contributed by atoms with Gasteiger partial charge in [-0.1, -0.05) is 29.8 Å². The number of aryl methyl sites for hydroxylation is 1. The fourth-order valence-electron chi connectivity index (χ4n) is 3.12. The fourth-order valence-corrected chi connectivity index (χ4v) is 4.63. The molecule has 3 aromatic rings. The lowest BCUT2D eigenvalue weighted by Gasteiger charge is -2.31. The molecule has 9 nitrogen and oxygen atoms in total. The summed E-state index contributed by atoms with van der Waals surface area (Å²) >= 11 is 0. The second-order valence-corrected chi connectivity index (χ2v) is 8.95. The van der Waals surface area contributed by atoms with Gasteiger partial charge in [0, 0.05) is 25.5 Å². The summed E-state index contributed by atoms with van der Waals surface area (Å²) in [5, 5.41) is 2.98. The summed E-state index contributed by atoms with van der Waals surface area (Å²) in [6.45, 7) is 2.76. The zero-order valence-electron chi connectivity index (χ0n) is 16.5. The van der Waals surface area contributed by atoms with Gasteiger partial charge in [0.1, 0.15) is 6.10 Å². The van der Waals surface area contributed by atoms with E-state index in [0.29, 0.717) is 30.6 Å². The molecule has 2 aromatic heterocycles. The lowest BCUT2D eigenvalue weighted by Crippen LogP contribution is -2.43. The Morgan fingerprint density at radius 1 is 1.17 bits per heavy atom. The summed E-state index contributed by atoms with van der Waals surface area (Å²) in [5.41, 5.74) is 2.40.